The Morgan fingerprint density at radius 3 is 2.40 bits per heavy atom. The van der Waals surface area contributed by atoms with Gasteiger partial charge in [-0.05, 0) is 12.1 Å². The van der Waals surface area contributed by atoms with Gasteiger partial charge in [-0.15, -0.1) is 0 Å². The second kappa shape index (κ2) is 2.47. The van der Waals surface area contributed by atoms with Crippen LogP contribution in [0.4, 0.5) is 4.39 Å². The Bertz CT molecular complexity index is 260. The summed E-state index contributed by atoms with van der Waals surface area (Å²) in [5.41, 5.74) is 4.77. The largest absolute Gasteiger partial charge is 0.366 e. The van der Waals surface area contributed by atoms with Crippen molar-refractivity contribution >= 4 is 5.91 Å². The molecule has 1 rings (SSSR count). The van der Waals surface area contributed by atoms with Crippen molar-refractivity contribution in [1.29, 1.82) is 0 Å². The monoisotopic (exact) mass is 138 g/mol. The number of primary amides is 1. The minimum atomic E-state index is -0.738. The molecule has 3 heteroatoms. The molecule has 0 saturated heterocycles. The third-order valence-electron chi connectivity index (χ3n) is 1.14. The zero-order valence-corrected chi connectivity index (χ0v) is 5.17. The van der Waals surface area contributed by atoms with Gasteiger partial charge in [0, 0.05) is 0 Å². The lowest BCUT2D eigenvalue weighted by Gasteiger charge is -1.94. The quantitative estimate of drug-likeness (QED) is 0.616. The molecule has 10 heavy (non-hydrogen) atoms. The third-order valence-corrected chi connectivity index (χ3v) is 1.14. The second-order valence-electron chi connectivity index (χ2n) is 1.84. The fourth-order valence-electron chi connectivity index (χ4n) is 0.661. The molecule has 0 radical (unpaired) electrons. The van der Waals surface area contributed by atoms with Crippen LogP contribution in [-0.4, -0.2) is 5.91 Å². The van der Waals surface area contributed by atoms with Gasteiger partial charge in [0.05, 0.1) is 5.56 Å². The summed E-state index contributed by atoms with van der Waals surface area (Å²) in [4.78, 5) is 10.4. The molecule has 0 aromatic heterocycles. The summed E-state index contributed by atoms with van der Waals surface area (Å²) < 4.78 is 12.5. The van der Waals surface area contributed by atoms with Gasteiger partial charge in [-0.3, -0.25) is 4.79 Å². The van der Waals surface area contributed by atoms with Crippen LogP contribution in [0.3, 0.4) is 0 Å². The van der Waals surface area contributed by atoms with Crippen molar-refractivity contribution in [2.45, 2.75) is 0 Å². The molecule has 0 fully saturated rings. The Balaban J connectivity index is 3.15. The van der Waals surface area contributed by atoms with E-state index in [9.17, 15) is 9.18 Å². The number of carbonyl (C=O) groups is 1. The van der Waals surface area contributed by atoms with Crippen molar-refractivity contribution in [3.8, 4) is 0 Å². The lowest BCUT2D eigenvalue weighted by Crippen LogP contribution is -2.12. The van der Waals surface area contributed by atoms with Gasteiger partial charge in [-0.25, -0.2) is 4.39 Å². The summed E-state index contributed by atoms with van der Waals surface area (Å²) in [6.07, 6.45) is 0. The summed E-state index contributed by atoms with van der Waals surface area (Å²) in [7, 11) is 0. The molecule has 0 spiro atoms. The van der Waals surface area contributed by atoms with E-state index in [1.54, 1.807) is 6.07 Å². The Kier molecular flexibility index (Phi) is 1.67. The highest BCUT2D eigenvalue weighted by Gasteiger charge is 2.04. The van der Waals surface area contributed by atoms with Gasteiger partial charge in [-0.1, -0.05) is 12.1 Å². The second-order valence-corrected chi connectivity index (χ2v) is 1.84. The molecule has 0 saturated carbocycles. The molecular weight excluding hydrogens is 132 g/mol. The fourth-order valence-corrected chi connectivity index (χ4v) is 0.661. The molecule has 0 atom stereocenters. The molecule has 1 aromatic carbocycles. The SMILES string of the molecule is NC(=O)c1ccccc1[18F]. The summed E-state index contributed by atoms with van der Waals surface area (Å²) in [5.74, 6) is -1.31. The zero-order chi connectivity index (χ0) is 7.56. The summed E-state index contributed by atoms with van der Waals surface area (Å²) >= 11 is 0. The molecule has 0 aliphatic carbocycles. The highest BCUT2D eigenvalue weighted by atomic mass is 18.2. The van der Waals surface area contributed by atoms with E-state index in [1.165, 1.54) is 18.2 Å². The molecule has 1 aromatic rings. The Hall–Kier alpha value is -1.38. The molecule has 0 unspecified atom stereocenters. The van der Waals surface area contributed by atoms with Gasteiger partial charge >= 0.3 is 0 Å². The number of nitrogens with two attached hydrogens (primary N) is 1. The van der Waals surface area contributed by atoms with Gasteiger partial charge in [0.2, 0.25) is 0 Å². The van der Waals surface area contributed by atoms with Crippen molar-refractivity contribution in [1.82, 2.24) is 0 Å². The first-order valence-corrected chi connectivity index (χ1v) is 2.76. The van der Waals surface area contributed by atoms with Crippen LogP contribution in [0, 0.1) is 5.82 Å². The number of hydrogen-bond acceptors (Lipinski definition) is 1. The average molecular weight is 138 g/mol. The molecule has 52 valence electrons. The van der Waals surface area contributed by atoms with Crippen LogP contribution in [0.15, 0.2) is 24.3 Å². The first-order valence-electron chi connectivity index (χ1n) is 2.76. The molecular formula is C7H6FNO. The predicted molar refractivity (Wildman–Crippen MR) is 34.9 cm³/mol. The molecule has 0 aliphatic heterocycles. The van der Waals surface area contributed by atoms with Crippen molar-refractivity contribution in [2.75, 3.05) is 0 Å². The van der Waals surface area contributed by atoms with E-state index in [-0.39, 0.29) is 5.56 Å². The molecule has 0 bridgehead atoms. The van der Waals surface area contributed by atoms with E-state index < -0.39 is 11.7 Å². The van der Waals surface area contributed by atoms with Crippen LogP contribution in [0.25, 0.3) is 0 Å². The molecule has 0 heterocycles. The maximum Gasteiger partial charge on any atom is 0.251 e. The van der Waals surface area contributed by atoms with Gasteiger partial charge in [0.25, 0.3) is 5.91 Å². The van der Waals surface area contributed by atoms with Crippen molar-refractivity contribution in [2.24, 2.45) is 5.73 Å². The van der Waals surface area contributed by atoms with Crippen LogP contribution in [0.2, 0.25) is 0 Å². The predicted octanol–water partition coefficient (Wildman–Crippen LogP) is 0.925. The van der Waals surface area contributed by atoms with Crippen LogP contribution >= 0.6 is 0 Å². The Labute approximate surface area is 57.5 Å². The molecule has 2 nitrogen and oxygen atoms in total. The first kappa shape index (κ1) is 6.74. The summed E-state index contributed by atoms with van der Waals surface area (Å²) in [5, 5.41) is 0. The maximum absolute atomic E-state index is 12.5. The highest BCUT2D eigenvalue weighted by Crippen LogP contribution is 2.03. The number of benzene rings is 1. The van der Waals surface area contributed by atoms with Crippen molar-refractivity contribution in [3.05, 3.63) is 35.6 Å². The van der Waals surface area contributed by atoms with Crippen LogP contribution in [0.1, 0.15) is 10.4 Å². The average Bonchev–Trinajstić information content (AvgIpc) is 1.88. The Morgan fingerprint density at radius 1 is 1.40 bits per heavy atom. The number of carbonyl (C=O) groups excluding carboxylic acids is 1. The normalized spacial score (nSPS) is 9.30. The molecule has 1 amide bonds. The fraction of sp³-hybridized carbons (Fsp3) is 0. The van der Waals surface area contributed by atoms with E-state index in [0.717, 1.165) is 0 Å². The van der Waals surface area contributed by atoms with Crippen LogP contribution in [-0.2, 0) is 0 Å². The van der Waals surface area contributed by atoms with E-state index in [1.807, 2.05) is 0 Å². The number of hydrogen-bond donors (Lipinski definition) is 1. The van der Waals surface area contributed by atoms with Gasteiger partial charge in [0.1, 0.15) is 5.82 Å². The highest BCUT2D eigenvalue weighted by molar-refractivity contribution is 5.92. The maximum atomic E-state index is 12.5. The minimum Gasteiger partial charge on any atom is -0.366 e. The summed E-state index contributed by atoms with van der Waals surface area (Å²) in [6.45, 7) is 0. The smallest absolute Gasteiger partial charge is 0.251 e. The molecule has 0 aliphatic rings. The van der Waals surface area contributed by atoms with Crippen molar-refractivity contribution < 1.29 is 9.18 Å². The van der Waals surface area contributed by atoms with E-state index in [2.05, 4.69) is 0 Å². The van der Waals surface area contributed by atoms with Crippen LogP contribution < -0.4 is 5.73 Å². The third kappa shape index (κ3) is 1.13. The minimum absolute atomic E-state index is 0.0671. The summed E-state index contributed by atoms with van der Waals surface area (Å²) in [6, 6.07) is 5.60. The van der Waals surface area contributed by atoms with E-state index >= 15 is 0 Å². The van der Waals surface area contributed by atoms with Gasteiger partial charge < -0.3 is 5.73 Å². The van der Waals surface area contributed by atoms with E-state index in [4.69, 9.17) is 5.73 Å². The number of rotatable bonds is 1. The Morgan fingerprint density at radius 2 is 2.00 bits per heavy atom. The van der Waals surface area contributed by atoms with Gasteiger partial charge in [-0.2, -0.15) is 0 Å². The standard InChI is InChI=1S/C7H6FNO/c8-6-4-2-1-3-5(6)7(9)10/h1-4H,(H2,9,10)/i8-1. The number of halogens is 1. The first-order chi connectivity index (χ1) is 4.72. The number of amides is 1. The lowest BCUT2D eigenvalue weighted by atomic mass is 10.2. The van der Waals surface area contributed by atoms with E-state index in [0.29, 0.717) is 0 Å². The van der Waals surface area contributed by atoms with Crippen molar-refractivity contribution in [3.63, 3.8) is 0 Å². The van der Waals surface area contributed by atoms with Gasteiger partial charge in [0.15, 0.2) is 0 Å². The topological polar surface area (TPSA) is 43.1 Å². The lowest BCUT2D eigenvalue weighted by molar-refractivity contribution is 0.0996. The zero-order valence-electron chi connectivity index (χ0n) is 5.17. The molecule has 2 N–H and O–H groups in total. The van der Waals surface area contributed by atoms with Crippen LogP contribution in [0.5, 0.6) is 0 Å².